The number of nitrogens with zero attached hydrogens (tertiary/aromatic N) is 1. The van der Waals surface area contributed by atoms with Crippen LogP contribution in [-0.2, 0) is 4.79 Å². The Balaban J connectivity index is 0.000000361. The number of fused-ring (bicyclic) bond motifs is 1. The van der Waals surface area contributed by atoms with Crippen LogP contribution in [0.1, 0.15) is 19.4 Å². The van der Waals surface area contributed by atoms with Gasteiger partial charge in [-0.1, -0.05) is 18.2 Å². The number of carboxylic acids is 1. The highest BCUT2D eigenvalue weighted by atomic mass is 32.1. The summed E-state index contributed by atoms with van der Waals surface area (Å²) in [7, 11) is 0. The minimum atomic E-state index is -0.833. The summed E-state index contributed by atoms with van der Waals surface area (Å²) < 4.78 is 2.16. The zero-order valence-electron chi connectivity index (χ0n) is 11.8. The van der Waals surface area contributed by atoms with Crippen molar-refractivity contribution in [2.45, 2.75) is 13.8 Å². The third-order valence-electron chi connectivity index (χ3n) is 2.86. The SMILES string of the molecule is CC(=N)c1cn(-c2cccs2)c2ccccc12.CC(=O)O. The van der Waals surface area contributed by atoms with Gasteiger partial charge in [0.25, 0.3) is 5.97 Å². The van der Waals surface area contributed by atoms with Crippen molar-refractivity contribution in [3.05, 3.63) is 53.5 Å². The quantitative estimate of drug-likeness (QED) is 0.697. The van der Waals surface area contributed by atoms with Crippen LogP contribution in [0.2, 0.25) is 0 Å². The van der Waals surface area contributed by atoms with E-state index in [0.29, 0.717) is 5.71 Å². The Hall–Kier alpha value is -2.40. The molecule has 0 saturated carbocycles. The number of aliphatic carboxylic acids is 1. The predicted molar refractivity (Wildman–Crippen MR) is 87.0 cm³/mol. The van der Waals surface area contributed by atoms with E-state index < -0.39 is 5.97 Å². The van der Waals surface area contributed by atoms with Crippen LogP contribution in [0.25, 0.3) is 15.9 Å². The number of benzene rings is 1. The van der Waals surface area contributed by atoms with Gasteiger partial charge < -0.3 is 15.1 Å². The number of carboxylic acid groups (broad SMARTS) is 1. The van der Waals surface area contributed by atoms with Crippen LogP contribution in [0.4, 0.5) is 0 Å². The van der Waals surface area contributed by atoms with Crippen LogP contribution in [0.3, 0.4) is 0 Å². The van der Waals surface area contributed by atoms with Gasteiger partial charge in [0.05, 0.1) is 10.5 Å². The molecule has 2 N–H and O–H groups in total. The van der Waals surface area contributed by atoms with Gasteiger partial charge in [-0.2, -0.15) is 0 Å². The third kappa shape index (κ3) is 3.38. The van der Waals surface area contributed by atoms with E-state index in [0.717, 1.165) is 23.4 Å². The molecule has 1 aromatic carbocycles. The van der Waals surface area contributed by atoms with Gasteiger partial charge in [0.2, 0.25) is 0 Å². The van der Waals surface area contributed by atoms with E-state index in [4.69, 9.17) is 15.3 Å². The molecule has 2 heterocycles. The lowest BCUT2D eigenvalue weighted by Gasteiger charge is -2.00. The molecule has 3 rings (SSSR count). The van der Waals surface area contributed by atoms with Crippen LogP contribution in [0.5, 0.6) is 0 Å². The Kier molecular flexibility index (Phi) is 4.55. The fourth-order valence-electron chi connectivity index (χ4n) is 2.07. The molecule has 0 fully saturated rings. The van der Waals surface area contributed by atoms with Crippen molar-refractivity contribution in [2.24, 2.45) is 0 Å². The fourth-order valence-corrected chi connectivity index (χ4v) is 2.79. The van der Waals surface area contributed by atoms with Gasteiger partial charge in [0.1, 0.15) is 0 Å². The maximum atomic E-state index is 9.00. The number of rotatable bonds is 2. The molecule has 0 unspecified atom stereocenters. The average Bonchev–Trinajstić information content (AvgIpc) is 3.04. The number of hydrogen-bond donors (Lipinski definition) is 2. The second-order valence-corrected chi connectivity index (χ2v) is 5.45. The number of para-hydroxylation sites is 1. The number of aromatic nitrogens is 1. The molecule has 0 aliphatic rings. The molecule has 0 atom stereocenters. The Bertz CT molecular complexity index is 769. The first-order valence-electron chi connectivity index (χ1n) is 6.39. The first-order chi connectivity index (χ1) is 10.0. The van der Waals surface area contributed by atoms with Gasteiger partial charge in [-0.15, -0.1) is 11.3 Å². The van der Waals surface area contributed by atoms with Crippen molar-refractivity contribution < 1.29 is 9.90 Å². The summed E-state index contributed by atoms with van der Waals surface area (Å²) in [6.45, 7) is 2.92. The standard InChI is InChI=1S/C14H12N2S.C2H4O2/c1-10(15)12-9-16(14-7-4-8-17-14)13-6-3-2-5-11(12)13;1-2(3)4/h2-9,15H,1H3;1H3,(H,3,4). The lowest BCUT2D eigenvalue weighted by atomic mass is 10.1. The van der Waals surface area contributed by atoms with Crippen LogP contribution >= 0.6 is 11.3 Å². The largest absolute Gasteiger partial charge is 0.481 e. The molecular formula is C16H16N2O2S. The molecule has 108 valence electrons. The summed E-state index contributed by atoms with van der Waals surface area (Å²) in [5.74, 6) is -0.833. The first-order valence-corrected chi connectivity index (χ1v) is 7.27. The van der Waals surface area contributed by atoms with Crippen LogP contribution < -0.4 is 0 Å². The second kappa shape index (κ2) is 6.37. The number of thiophene rings is 1. The minimum absolute atomic E-state index is 0.608. The Morgan fingerprint density at radius 1 is 1.19 bits per heavy atom. The number of nitrogens with one attached hydrogen (secondary N) is 1. The van der Waals surface area contributed by atoms with E-state index in [9.17, 15) is 0 Å². The van der Waals surface area contributed by atoms with Crippen molar-refractivity contribution in [3.8, 4) is 5.00 Å². The summed E-state index contributed by atoms with van der Waals surface area (Å²) in [5.41, 5.74) is 2.78. The molecule has 0 saturated heterocycles. The van der Waals surface area contributed by atoms with Crippen molar-refractivity contribution in [1.82, 2.24) is 4.57 Å². The van der Waals surface area contributed by atoms with E-state index in [1.807, 2.05) is 25.1 Å². The summed E-state index contributed by atoms with van der Waals surface area (Å²) in [5, 5.41) is 19.7. The van der Waals surface area contributed by atoms with E-state index >= 15 is 0 Å². The normalized spacial score (nSPS) is 10.0. The molecule has 0 aliphatic heterocycles. The third-order valence-corrected chi connectivity index (χ3v) is 3.73. The maximum absolute atomic E-state index is 9.00. The van der Waals surface area contributed by atoms with Crippen molar-refractivity contribution >= 4 is 33.9 Å². The highest BCUT2D eigenvalue weighted by molar-refractivity contribution is 7.12. The topological polar surface area (TPSA) is 66.1 Å². The van der Waals surface area contributed by atoms with Crippen molar-refractivity contribution in [2.75, 3.05) is 0 Å². The van der Waals surface area contributed by atoms with E-state index in [1.54, 1.807) is 11.3 Å². The highest BCUT2D eigenvalue weighted by Gasteiger charge is 2.10. The van der Waals surface area contributed by atoms with Crippen LogP contribution in [-0.4, -0.2) is 21.4 Å². The van der Waals surface area contributed by atoms with Gasteiger partial charge in [0.15, 0.2) is 0 Å². The zero-order chi connectivity index (χ0) is 15.4. The number of carbonyl (C=O) groups is 1. The summed E-state index contributed by atoms with van der Waals surface area (Å²) in [6, 6.07) is 12.4. The monoisotopic (exact) mass is 300 g/mol. The van der Waals surface area contributed by atoms with E-state index in [1.165, 1.54) is 5.00 Å². The van der Waals surface area contributed by atoms with E-state index in [2.05, 4.69) is 34.3 Å². The summed E-state index contributed by atoms with van der Waals surface area (Å²) in [4.78, 5) is 9.00. The Morgan fingerprint density at radius 2 is 1.86 bits per heavy atom. The molecule has 0 bridgehead atoms. The Morgan fingerprint density at radius 3 is 2.43 bits per heavy atom. The fraction of sp³-hybridized carbons (Fsp3) is 0.125. The van der Waals surface area contributed by atoms with Gasteiger partial charge in [-0.3, -0.25) is 4.79 Å². The molecule has 2 aromatic heterocycles. The molecule has 0 amide bonds. The van der Waals surface area contributed by atoms with E-state index in [-0.39, 0.29) is 0 Å². The molecule has 0 radical (unpaired) electrons. The van der Waals surface area contributed by atoms with Crippen LogP contribution in [0, 0.1) is 5.41 Å². The first kappa shape index (κ1) is 15.0. The second-order valence-electron chi connectivity index (χ2n) is 4.53. The average molecular weight is 300 g/mol. The molecule has 21 heavy (non-hydrogen) atoms. The predicted octanol–water partition coefficient (Wildman–Crippen LogP) is 4.17. The van der Waals surface area contributed by atoms with Gasteiger partial charge in [-0.25, -0.2) is 0 Å². The molecule has 5 heteroatoms. The molecule has 0 aliphatic carbocycles. The summed E-state index contributed by atoms with van der Waals surface area (Å²) in [6.07, 6.45) is 2.05. The Labute approximate surface area is 126 Å². The summed E-state index contributed by atoms with van der Waals surface area (Å²) >= 11 is 1.71. The van der Waals surface area contributed by atoms with Gasteiger partial charge >= 0.3 is 0 Å². The lowest BCUT2D eigenvalue weighted by Crippen LogP contribution is -1.90. The molecule has 0 spiro atoms. The van der Waals surface area contributed by atoms with Crippen molar-refractivity contribution in [3.63, 3.8) is 0 Å². The molecule has 3 aromatic rings. The zero-order valence-corrected chi connectivity index (χ0v) is 12.6. The highest BCUT2D eigenvalue weighted by Crippen LogP contribution is 2.27. The molecule has 4 nitrogen and oxygen atoms in total. The maximum Gasteiger partial charge on any atom is 0.300 e. The smallest absolute Gasteiger partial charge is 0.300 e. The number of hydrogen-bond acceptors (Lipinski definition) is 3. The van der Waals surface area contributed by atoms with Gasteiger partial charge in [0, 0.05) is 29.8 Å². The lowest BCUT2D eigenvalue weighted by molar-refractivity contribution is -0.134. The molecular weight excluding hydrogens is 284 g/mol. The van der Waals surface area contributed by atoms with Crippen LogP contribution in [0.15, 0.2) is 48.0 Å². The van der Waals surface area contributed by atoms with Crippen molar-refractivity contribution in [1.29, 1.82) is 5.41 Å². The minimum Gasteiger partial charge on any atom is -0.481 e. The van der Waals surface area contributed by atoms with Gasteiger partial charge in [-0.05, 0) is 30.5 Å².